The minimum absolute atomic E-state index is 0.0577. The first-order valence-electron chi connectivity index (χ1n) is 22.2. The molecule has 4 aliphatic heterocycles. The van der Waals surface area contributed by atoms with Crippen molar-refractivity contribution in [2.45, 2.75) is 127 Å². The van der Waals surface area contributed by atoms with Crippen LogP contribution in [0.4, 0.5) is 27.8 Å². The maximum atomic E-state index is 18.0. The number of piperidine rings is 1. The molecule has 6 atom stereocenters. The van der Waals surface area contributed by atoms with Gasteiger partial charge in [0, 0.05) is 37.6 Å². The zero-order chi connectivity index (χ0) is 43.8. The van der Waals surface area contributed by atoms with Gasteiger partial charge in [0.05, 0.1) is 17.1 Å². The van der Waals surface area contributed by atoms with Crippen molar-refractivity contribution in [3.63, 3.8) is 0 Å². The molecule has 9 nitrogen and oxygen atoms in total. The summed E-state index contributed by atoms with van der Waals surface area (Å²) in [5.74, 6) is 2.13. The normalized spacial score (nSPS) is 25.7. The SMILES string of the molecule is COCOc1cc(-c2nc3c4c(nc(OC[C@@]56CCCN5C[C@H](F)C6)nc4c2F)N2C[C@H]4CC[C@H](C4)[C@H]2[C@@H](C(F)F)O3)c2c(C#C[Si](C(C)C)(C(C)C)C(C)C)c(F)ccc2c1. The smallest absolute Gasteiger partial charge is 0.319 e. The standard InChI is InChI=1S/C47H56F5N5O4Si/c1-25(2)62(26(3)4,27(5)6)16-13-33-35(49)12-11-29-18-32(60-24-58-7)19-34(36(29)33)39-38(50)40-37-44(55-46(54-40)59-23-47-14-8-15-56(47)22-31(48)20-47)57-21-28-9-10-30(17-28)41(57)42(43(51)52)61-45(37)53-39/h11-12,18-19,25-28,30-31,41-43H,8-10,14-15,17,20-24H2,1-7H3/t28-,30+,31+,41-,42-,47-/m0/s1. The van der Waals surface area contributed by atoms with Gasteiger partial charge < -0.3 is 23.8 Å². The molecule has 9 rings (SSSR count). The molecule has 2 aromatic heterocycles. The number of hydrogen-bond acceptors (Lipinski definition) is 9. The van der Waals surface area contributed by atoms with Crippen molar-refractivity contribution in [3.05, 3.63) is 41.5 Å². The van der Waals surface area contributed by atoms with E-state index in [1.165, 1.54) is 19.2 Å². The second-order valence-electron chi connectivity index (χ2n) is 19.2. The number of aromatic nitrogens is 3. The number of fused-ring (bicyclic) bond motifs is 7. The largest absolute Gasteiger partial charge is 0.468 e. The van der Waals surface area contributed by atoms with Crippen LogP contribution in [-0.2, 0) is 4.74 Å². The zero-order valence-corrected chi connectivity index (χ0v) is 37.5. The lowest BCUT2D eigenvalue weighted by atomic mass is 9.87. The fourth-order valence-corrected chi connectivity index (χ4v) is 17.3. The van der Waals surface area contributed by atoms with Crippen LogP contribution in [0.5, 0.6) is 17.6 Å². The molecule has 332 valence electrons. The Kier molecular flexibility index (Phi) is 11.4. The second-order valence-corrected chi connectivity index (χ2v) is 24.8. The predicted molar refractivity (Wildman–Crippen MR) is 232 cm³/mol. The molecule has 2 bridgehead atoms. The molecule has 0 radical (unpaired) electrons. The molecule has 0 N–H and O–H groups in total. The maximum Gasteiger partial charge on any atom is 0.319 e. The van der Waals surface area contributed by atoms with Gasteiger partial charge in [-0.1, -0.05) is 53.5 Å². The van der Waals surface area contributed by atoms with E-state index in [1.54, 1.807) is 12.1 Å². The van der Waals surface area contributed by atoms with E-state index in [9.17, 15) is 4.39 Å². The Morgan fingerprint density at radius 1 is 0.968 bits per heavy atom. The summed E-state index contributed by atoms with van der Waals surface area (Å²) < 4.78 is 104. The molecule has 3 saturated heterocycles. The molecule has 0 amide bonds. The van der Waals surface area contributed by atoms with Crippen LogP contribution < -0.4 is 19.1 Å². The molecule has 5 aliphatic rings. The van der Waals surface area contributed by atoms with Crippen LogP contribution in [0.15, 0.2) is 24.3 Å². The Hall–Kier alpha value is -4.26. The number of anilines is 1. The third-order valence-electron chi connectivity index (χ3n) is 14.8. The van der Waals surface area contributed by atoms with Gasteiger partial charge in [0.2, 0.25) is 5.88 Å². The Bertz CT molecular complexity index is 2420. The zero-order valence-electron chi connectivity index (χ0n) is 36.5. The highest BCUT2D eigenvalue weighted by Crippen LogP contribution is 2.51. The average molecular weight is 878 g/mol. The number of ether oxygens (including phenoxy) is 4. The molecule has 0 unspecified atom stereocenters. The first-order valence-corrected chi connectivity index (χ1v) is 24.4. The summed E-state index contributed by atoms with van der Waals surface area (Å²) >= 11 is 0. The number of pyridine rings is 1. The monoisotopic (exact) mass is 877 g/mol. The van der Waals surface area contributed by atoms with Gasteiger partial charge in [-0.3, -0.25) is 4.90 Å². The molecule has 4 aromatic rings. The number of benzene rings is 2. The highest BCUT2D eigenvalue weighted by Gasteiger charge is 2.52. The fourth-order valence-electron chi connectivity index (χ4n) is 12.1. The summed E-state index contributed by atoms with van der Waals surface area (Å²) in [6, 6.07) is 5.22. The number of alkyl halides is 3. The summed E-state index contributed by atoms with van der Waals surface area (Å²) in [5.41, 5.74) is 3.46. The van der Waals surface area contributed by atoms with E-state index in [0.717, 1.165) is 38.6 Å². The molecule has 0 spiro atoms. The van der Waals surface area contributed by atoms with Crippen molar-refractivity contribution in [2.24, 2.45) is 11.8 Å². The van der Waals surface area contributed by atoms with Crippen LogP contribution in [0.3, 0.4) is 0 Å². The molecule has 2 aromatic carbocycles. The van der Waals surface area contributed by atoms with E-state index in [1.807, 2.05) is 4.90 Å². The number of nitrogens with zero attached hydrogens (tertiary/aromatic N) is 5. The summed E-state index contributed by atoms with van der Waals surface area (Å²) in [7, 11) is -0.928. The molecular weight excluding hydrogens is 822 g/mol. The lowest BCUT2D eigenvalue weighted by molar-refractivity contribution is -0.0183. The number of methoxy groups -OCH3 is 1. The van der Waals surface area contributed by atoms with E-state index in [2.05, 4.69) is 62.9 Å². The molecule has 6 heterocycles. The fraction of sp³-hybridized carbons (Fsp3) is 0.596. The lowest BCUT2D eigenvalue weighted by Crippen LogP contribution is -2.55. The lowest BCUT2D eigenvalue weighted by Gasteiger charge is -2.42. The van der Waals surface area contributed by atoms with Crippen molar-refractivity contribution in [1.82, 2.24) is 19.9 Å². The minimum Gasteiger partial charge on any atom is -0.468 e. The van der Waals surface area contributed by atoms with Gasteiger partial charge >= 0.3 is 6.01 Å². The number of rotatable bonds is 11. The molecule has 1 saturated carbocycles. The van der Waals surface area contributed by atoms with Crippen LogP contribution >= 0.6 is 0 Å². The van der Waals surface area contributed by atoms with Crippen LogP contribution in [0.2, 0.25) is 16.6 Å². The van der Waals surface area contributed by atoms with Crippen LogP contribution in [0.1, 0.15) is 85.6 Å². The van der Waals surface area contributed by atoms with Gasteiger partial charge in [-0.15, -0.1) is 5.54 Å². The van der Waals surface area contributed by atoms with Gasteiger partial charge in [0.25, 0.3) is 6.43 Å². The quantitative estimate of drug-likeness (QED) is 0.0633. The molecule has 1 aliphatic carbocycles. The summed E-state index contributed by atoms with van der Waals surface area (Å²) in [6.07, 6.45) is -1.24. The van der Waals surface area contributed by atoms with E-state index in [4.69, 9.17) is 28.9 Å². The summed E-state index contributed by atoms with van der Waals surface area (Å²) in [5, 5.41) is 0.830. The second kappa shape index (κ2) is 16.4. The predicted octanol–water partition coefficient (Wildman–Crippen LogP) is 10.3. The highest BCUT2D eigenvalue weighted by molar-refractivity contribution is 6.90. The topological polar surface area (TPSA) is 82.1 Å². The first-order chi connectivity index (χ1) is 29.6. The van der Waals surface area contributed by atoms with Gasteiger partial charge in [-0.05, 0) is 90.7 Å². The average Bonchev–Trinajstić information content (AvgIpc) is 3.87. The van der Waals surface area contributed by atoms with Crippen molar-refractivity contribution < 1.29 is 40.9 Å². The molecular formula is C47H56F5N5O4Si. The Morgan fingerprint density at radius 2 is 1.74 bits per heavy atom. The number of halogens is 5. The molecule has 15 heteroatoms. The van der Waals surface area contributed by atoms with E-state index >= 15 is 17.6 Å². The van der Waals surface area contributed by atoms with Gasteiger partial charge in [0.15, 0.2) is 18.7 Å². The first kappa shape index (κ1) is 43.0. The number of hydrogen-bond donors (Lipinski definition) is 0. The van der Waals surface area contributed by atoms with Crippen LogP contribution in [0, 0.1) is 34.9 Å². The summed E-state index contributed by atoms with van der Waals surface area (Å²) in [4.78, 5) is 18.3. The van der Waals surface area contributed by atoms with Crippen molar-refractivity contribution in [2.75, 3.05) is 45.0 Å². The van der Waals surface area contributed by atoms with E-state index in [0.29, 0.717) is 24.9 Å². The minimum atomic E-state index is -2.92. The highest BCUT2D eigenvalue weighted by atomic mass is 28.3. The van der Waals surface area contributed by atoms with Crippen molar-refractivity contribution in [1.29, 1.82) is 0 Å². The van der Waals surface area contributed by atoms with Crippen molar-refractivity contribution in [3.8, 4) is 40.4 Å². The Morgan fingerprint density at radius 3 is 2.47 bits per heavy atom. The van der Waals surface area contributed by atoms with E-state index < -0.39 is 50.0 Å². The van der Waals surface area contributed by atoms with E-state index in [-0.39, 0.29) is 98.4 Å². The third-order valence-corrected chi connectivity index (χ3v) is 21.1. The summed E-state index contributed by atoms with van der Waals surface area (Å²) in [6.45, 7) is 14.4. The van der Waals surface area contributed by atoms with Crippen LogP contribution in [0.25, 0.3) is 32.9 Å². The third kappa shape index (κ3) is 7.07. The maximum absolute atomic E-state index is 18.0. The Balaban J connectivity index is 1.29. The molecule has 62 heavy (non-hydrogen) atoms. The van der Waals surface area contributed by atoms with Gasteiger partial charge in [-0.25, -0.2) is 26.9 Å². The van der Waals surface area contributed by atoms with Gasteiger partial charge in [0.1, 0.15) is 54.8 Å². The van der Waals surface area contributed by atoms with Crippen LogP contribution in [-0.4, -0.2) is 98.4 Å². The molecule has 4 fully saturated rings. The van der Waals surface area contributed by atoms with Gasteiger partial charge in [-0.2, -0.15) is 9.97 Å². The Labute approximate surface area is 361 Å². The van der Waals surface area contributed by atoms with Crippen molar-refractivity contribution >= 4 is 35.6 Å².